The average molecular weight is 260 g/mol. The molecule has 1 aromatic carbocycles. The van der Waals surface area contributed by atoms with Crippen molar-refractivity contribution in [2.45, 2.75) is 19.9 Å². The van der Waals surface area contributed by atoms with Crippen molar-refractivity contribution >= 4 is 16.9 Å². The quantitative estimate of drug-likeness (QED) is 0.845. The van der Waals surface area contributed by atoms with E-state index in [1.165, 1.54) is 17.3 Å². The molecule has 0 amide bonds. The maximum Gasteiger partial charge on any atom is 0.237 e. The first kappa shape index (κ1) is 12.9. The molecule has 0 aliphatic rings. The van der Waals surface area contributed by atoms with Gasteiger partial charge in [0.25, 0.3) is 0 Å². The second kappa shape index (κ2) is 5.87. The van der Waals surface area contributed by atoms with E-state index in [9.17, 15) is 4.79 Å². The predicted molar refractivity (Wildman–Crippen MR) is 74.9 cm³/mol. The summed E-state index contributed by atoms with van der Waals surface area (Å²) in [5.41, 5.74) is 1.84. The number of nitrogens with zero attached hydrogens (tertiary/aromatic N) is 2. The Morgan fingerprint density at radius 3 is 2.78 bits per heavy atom. The summed E-state index contributed by atoms with van der Waals surface area (Å²) in [5.74, 6) is 0.781. The molecule has 0 N–H and O–H groups in total. The van der Waals surface area contributed by atoms with E-state index in [1.54, 1.807) is 12.5 Å². The van der Waals surface area contributed by atoms with Gasteiger partial charge in [-0.15, -0.1) is 0 Å². The normalized spacial score (nSPS) is 12.3. The average Bonchev–Trinajstić information content (AvgIpc) is 2.88. The van der Waals surface area contributed by atoms with Crippen LogP contribution in [0.5, 0.6) is 0 Å². The summed E-state index contributed by atoms with van der Waals surface area (Å²) >= 11 is 1.32. The minimum absolute atomic E-state index is 0.0813. The van der Waals surface area contributed by atoms with Crippen LogP contribution < -0.4 is 0 Å². The lowest BCUT2D eigenvalue weighted by Crippen LogP contribution is -2.11. The summed E-state index contributed by atoms with van der Waals surface area (Å²) in [4.78, 5) is 16.1. The Hall–Kier alpha value is -1.55. The van der Waals surface area contributed by atoms with E-state index in [0.29, 0.717) is 5.69 Å². The molecule has 1 aromatic heterocycles. The predicted octanol–water partition coefficient (Wildman–Crippen LogP) is 3.39. The Morgan fingerprint density at radius 2 is 2.11 bits per heavy atom. The van der Waals surface area contributed by atoms with Gasteiger partial charge in [-0.2, -0.15) is 0 Å². The highest BCUT2D eigenvalue weighted by molar-refractivity contribution is 8.14. The summed E-state index contributed by atoms with van der Waals surface area (Å²) < 4.78 is 1.93. The minimum Gasteiger partial charge on any atom is -0.320 e. The van der Waals surface area contributed by atoms with Crippen molar-refractivity contribution in [1.29, 1.82) is 0 Å². The standard InChI is InChI=1S/C14H16N2OS/c1-3-18-14(17)13-9-15-10-16(13)11(2)12-7-5-4-6-8-12/h4-11H,3H2,1-2H3. The molecule has 0 saturated heterocycles. The molecular formula is C14H16N2OS. The Bertz CT molecular complexity index is 522. The van der Waals surface area contributed by atoms with Crippen LogP contribution in [0.25, 0.3) is 0 Å². The lowest BCUT2D eigenvalue weighted by Gasteiger charge is -2.16. The summed E-state index contributed by atoms with van der Waals surface area (Å²) in [6, 6.07) is 10.2. The van der Waals surface area contributed by atoms with Crippen LogP contribution in [0.15, 0.2) is 42.9 Å². The van der Waals surface area contributed by atoms with Gasteiger partial charge in [-0.05, 0) is 18.2 Å². The maximum atomic E-state index is 12.0. The molecule has 0 aliphatic heterocycles. The fraction of sp³-hybridized carbons (Fsp3) is 0.286. The largest absolute Gasteiger partial charge is 0.320 e. The van der Waals surface area contributed by atoms with E-state index < -0.39 is 0 Å². The molecule has 94 valence electrons. The van der Waals surface area contributed by atoms with Gasteiger partial charge in [0.1, 0.15) is 5.69 Å². The van der Waals surface area contributed by atoms with Gasteiger partial charge in [0.15, 0.2) is 0 Å². The Labute approximate surface area is 111 Å². The summed E-state index contributed by atoms with van der Waals surface area (Å²) in [7, 11) is 0. The number of carbonyl (C=O) groups is 1. The minimum atomic E-state index is 0.0813. The van der Waals surface area contributed by atoms with Crippen molar-refractivity contribution in [3.05, 3.63) is 54.1 Å². The molecule has 1 unspecified atom stereocenters. The second-order valence-corrected chi connectivity index (χ2v) is 5.23. The van der Waals surface area contributed by atoms with Crippen LogP contribution in [0.4, 0.5) is 0 Å². The van der Waals surface area contributed by atoms with E-state index in [2.05, 4.69) is 24.0 Å². The van der Waals surface area contributed by atoms with Crippen LogP contribution in [0.2, 0.25) is 0 Å². The van der Waals surface area contributed by atoms with Crippen LogP contribution in [-0.4, -0.2) is 20.4 Å². The zero-order valence-electron chi connectivity index (χ0n) is 10.5. The zero-order chi connectivity index (χ0) is 13.0. The molecule has 3 nitrogen and oxygen atoms in total. The summed E-state index contributed by atoms with van der Waals surface area (Å²) in [6.07, 6.45) is 3.37. The molecule has 1 atom stereocenters. The Morgan fingerprint density at radius 1 is 1.39 bits per heavy atom. The van der Waals surface area contributed by atoms with Crippen molar-refractivity contribution in [2.24, 2.45) is 0 Å². The Balaban J connectivity index is 2.29. The molecule has 0 aliphatic carbocycles. The topological polar surface area (TPSA) is 34.9 Å². The first-order valence-electron chi connectivity index (χ1n) is 5.98. The van der Waals surface area contributed by atoms with Gasteiger partial charge < -0.3 is 4.57 Å². The zero-order valence-corrected chi connectivity index (χ0v) is 11.4. The van der Waals surface area contributed by atoms with Gasteiger partial charge in [0.05, 0.1) is 18.6 Å². The van der Waals surface area contributed by atoms with Gasteiger partial charge in [-0.3, -0.25) is 4.79 Å². The van der Waals surface area contributed by atoms with Crippen LogP contribution in [0, 0.1) is 0 Å². The lowest BCUT2D eigenvalue weighted by molar-refractivity contribution is 0.108. The van der Waals surface area contributed by atoms with Gasteiger partial charge in [-0.1, -0.05) is 49.0 Å². The third-order valence-electron chi connectivity index (χ3n) is 2.85. The molecule has 0 radical (unpaired) electrons. The van der Waals surface area contributed by atoms with Crippen LogP contribution in [0.1, 0.15) is 35.9 Å². The number of hydrogen-bond donors (Lipinski definition) is 0. The number of hydrogen-bond acceptors (Lipinski definition) is 3. The molecule has 0 saturated carbocycles. The van der Waals surface area contributed by atoms with Gasteiger partial charge in [0, 0.05) is 0 Å². The molecule has 0 spiro atoms. The van der Waals surface area contributed by atoms with Gasteiger partial charge in [0.2, 0.25) is 5.12 Å². The fourth-order valence-corrected chi connectivity index (χ4v) is 2.44. The van der Waals surface area contributed by atoms with Crippen molar-refractivity contribution in [3.63, 3.8) is 0 Å². The molecule has 0 fully saturated rings. The molecule has 18 heavy (non-hydrogen) atoms. The second-order valence-electron chi connectivity index (χ2n) is 3.99. The van der Waals surface area contributed by atoms with E-state index in [0.717, 1.165) is 5.75 Å². The van der Waals surface area contributed by atoms with E-state index in [4.69, 9.17) is 0 Å². The summed E-state index contributed by atoms with van der Waals surface area (Å²) in [6.45, 7) is 4.05. The number of rotatable bonds is 4. The van der Waals surface area contributed by atoms with E-state index in [1.807, 2.05) is 29.7 Å². The maximum absolute atomic E-state index is 12.0. The Kier molecular flexibility index (Phi) is 4.20. The van der Waals surface area contributed by atoms with Crippen molar-refractivity contribution in [1.82, 2.24) is 9.55 Å². The van der Waals surface area contributed by atoms with Crippen molar-refractivity contribution in [3.8, 4) is 0 Å². The first-order valence-corrected chi connectivity index (χ1v) is 6.96. The first-order chi connectivity index (χ1) is 8.74. The smallest absolute Gasteiger partial charge is 0.237 e. The molecule has 2 rings (SSSR count). The third-order valence-corrected chi connectivity index (χ3v) is 3.61. The number of carbonyl (C=O) groups excluding carboxylic acids is 1. The molecule has 2 aromatic rings. The highest BCUT2D eigenvalue weighted by atomic mass is 32.2. The number of imidazole rings is 1. The highest BCUT2D eigenvalue weighted by Crippen LogP contribution is 2.21. The van der Waals surface area contributed by atoms with Crippen LogP contribution in [-0.2, 0) is 0 Å². The van der Waals surface area contributed by atoms with E-state index in [-0.39, 0.29) is 11.2 Å². The van der Waals surface area contributed by atoms with Crippen LogP contribution in [0.3, 0.4) is 0 Å². The number of benzene rings is 1. The highest BCUT2D eigenvalue weighted by Gasteiger charge is 2.16. The fourth-order valence-electron chi connectivity index (χ4n) is 1.87. The van der Waals surface area contributed by atoms with E-state index >= 15 is 0 Å². The molecule has 1 heterocycles. The van der Waals surface area contributed by atoms with Crippen molar-refractivity contribution in [2.75, 3.05) is 5.75 Å². The van der Waals surface area contributed by atoms with Crippen molar-refractivity contribution < 1.29 is 4.79 Å². The lowest BCUT2D eigenvalue weighted by atomic mass is 10.1. The molecule has 4 heteroatoms. The SMILES string of the molecule is CCSC(=O)c1cncn1C(C)c1ccccc1. The van der Waals surface area contributed by atoms with Crippen LogP contribution >= 0.6 is 11.8 Å². The molecule has 0 bridgehead atoms. The monoisotopic (exact) mass is 260 g/mol. The summed E-state index contributed by atoms with van der Waals surface area (Å²) in [5, 5.41) is 0.0813. The molecular weight excluding hydrogens is 244 g/mol. The van der Waals surface area contributed by atoms with Gasteiger partial charge in [-0.25, -0.2) is 4.98 Å². The third kappa shape index (κ3) is 2.64. The number of aromatic nitrogens is 2. The number of thioether (sulfide) groups is 1. The van der Waals surface area contributed by atoms with Gasteiger partial charge >= 0.3 is 0 Å².